The molecule has 0 bridgehead atoms. The number of hydrogen-bond donors (Lipinski definition) is 0. The largest absolute Gasteiger partial charge is 0.0654 e. The van der Waals surface area contributed by atoms with Crippen molar-refractivity contribution in [2.24, 2.45) is 11.3 Å². The molecular formula is C12H24. The molecule has 0 nitrogen and oxygen atoms in total. The van der Waals surface area contributed by atoms with Gasteiger partial charge in [-0.15, -0.1) is 0 Å². The Labute approximate surface area is 77.7 Å². The Hall–Kier alpha value is 0. The van der Waals surface area contributed by atoms with Crippen LogP contribution in [0.15, 0.2) is 0 Å². The third-order valence-electron chi connectivity index (χ3n) is 3.63. The summed E-state index contributed by atoms with van der Waals surface area (Å²) in [6.07, 6.45) is 10.2. The van der Waals surface area contributed by atoms with E-state index in [0.29, 0.717) is 0 Å². The lowest BCUT2D eigenvalue weighted by molar-refractivity contribution is 0.365. The third-order valence-corrected chi connectivity index (χ3v) is 3.63. The van der Waals surface area contributed by atoms with E-state index in [4.69, 9.17) is 0 Å². The Bertz CT molecular complexity index is 128. The van der Waals surface area contributed by atoms with Crippen LogP contribution in [0.4, 0.5) is 0 Å². The molecule has 1 saturated carbocycles. The molecule has 12 heavy (non-hydrogen) atoms. The maximum absolute atomic E-state index is 2.36. The lowest BCUT2D eigenvalue weighted by atomic mass is 9.90. The van der Waals surface area contributed by atoms with Crippen LogP contribution in [0.1, 0.15) is 65.7 Å². The van der Waals surface area contributed by atoms with E-state index in [9.17, 15) is 0 Å². The number of unbranched alkanes of at least 4 members (excludes halogenated alkanes) is 1. The van der Waals surface area contributed by atoms with E-state index < -0.39 is 0 Å². The molecule has 0 spiro atoms. The summed E-state index contributed by atoms with van der Waals surface area (Å²) in [7, 11) is 0. The van der Waals surface area contributed by atoms with Crippen LogP contribution in [-0.4, -0.2) is 0 Å². The van der Waals surface area contributed by atoms with Gasteiger partial charge in [0.25, 0.3) is 0 Å². The minimum Gasteiger partial charge on any atom is -0.0654 e. The first kappa shape index (κ1) is 10.1. The van der Waals surface area contributed by atoms with Gasteiger partial charge >= 0.3 is 0 Å². The van der Waals surface area contributed by atoms with Crippen LogP contribution in [0.3, 0.4) is 0 Å². The van der Waals surface area contributed by atoms with Crippen LogP contribution in [0.25, 0.3) is 0 Å². The molecule has 0 aromatic heterocycles. The molecule has 0 aromatic carbocycles. The molecule has 1 rings (SSSR count). The fraction of sp³-hybridized carbons (Fsp3) is 1.00. The molecule has 72 valence electrons. The first-order valence-electron chi connectivity index (χ1n) is 5.79. The van der Waals surface area contributed by atoms with E-state index in [1.165, 1.54) is 44.9 Å². The molecule has 0 amide bonds. The van der Waals surface area contributed by atoms with Gasteiger partial charge in [0.05, 0.1) is 0 Å². The van der Waals surface area contributed by atoms with Crippen molar-refractivity contribution in [3.63, 3.8) is 0 Å². The fourth-order valence-electron chi connectivity index (χ4n) is 2.77. The minimum atomic E-state index is 0.819. The van der Waals surface area contributed by atoms with Gasteiger partial charge in [-0.25, -0.2) is 0 Å². The molecule has 0 N–H and O–H groups in total. The zero-order chi connectivity index (χ0) is 9.03. The Morgan fingerprint density at radius 2 is 1.83 bits per heavy atom. The van der Waals surface area contributed by atoms with Gasteiger partial charge < -0.3 is 0 Å². The predicted octanol–water partition coefficient (Wildman–Crippen LogP) is 4.39. The van der Waals surface area contributed by atoms with Gasteiger partial charge in [0.1, 0.15) is 0 Å². The van der Waals surface area contributed by atoms with Crippen LogP contribution in [0, 0.1) is 11.3 Å². The fourth-order valence-corrected chi connectivity index (χ4v) is 2.77. The average molecular weight is 168 g/mol. The van der Waals surface area contributed by atoms with Crippen molar-refractivity contribution in [1.82, 2.24) is 0 Å². The Morgan fingerprint density at radius 3 is 2.25 bits per heavy atom. The van der Waals surface area contributed by atoms with Crippen LogP contribution in [-0.2, 0) is 0 Å². The second-order valence-electron chi connectivity index (χ2n) is 4.53. The molecule has 0 saturated heterocycles. The molecule has 2 unspecified atom stereocenters. The summed E-state index contributed by atoms with van der Waals surface area (Å²) in [5, 5.41) is 0. The number of hydrogen-bond acceptors (Lipinski definition) is 0. The zero-order valence-corrected chi connectivity index (χ0v) is 9.03. The molecule has 0 radical (unpaired) electrons. The summed E-state index contributed by atoms with van der Waals surface area (Å²) in [6, 6.07) is 0. The summed E-state index contributed by atoms with van der Waals surface area (Å²) in [4.78, 5) is 0. The van der Waals surface area contributed by atoms with Crippen LogP contribution >= 0.6 is 0 Å². The monoisotopic (exact) mass is 168 g/mol. The highest BCUT2D eigenvalue weighted by Gasteiger charge is 2.50. The molecule has 1 fully saturated rings. The summed E-state index contributed by atoms with van der Waals surface area (Å²) in [5.74, 6) is 1.09. The minimum absolute atomic E-state index is 0.819. The normalized spacial score (nSPS) is 33.8. The van der Waals surface area contributed by atoms with Gasteiger partial charge in [0, 0.05) is 0 Å². The van der Waals surface area contributed by atoms with E-state index in [-0.39, 0.29) is 0 Å². The Balaban J connectivity index is 2.30. The standard InChI is InChI=1S/C12H24/c1-4-7-9-12(8-5-2)10-11(12)6-3/h11H,4-10H2,1-3H3. The van der Waals surface area contributed by atoms with Gasteiger partial charge in [-0.3, -0.25) is 0 Å². The first-order valence-corrected chi connectivity index (χ1v) is 5.79. The molecular weight excluding hydrogens is 144 g/mol. The van der Waals surface area contributed by atoms with E-state index in [1.54, 1.807) is 0 Å². The maximum atomic E-state index is 2.36. The maximum Gasteiger partial charge on any atom is -0.0266 e. The van der Waals surface area contributed by atoms with Crippen molar-refractivity contribution < 1.29 is 0 Å². The molecule has 0 aliphatic heterocycles. The van der Waals surface area contributed by atoms with Crippen molar-refractivity contribution in [1.29, 1.82) is 0 Å². The topological polar surface area (TPSA) is 0 Å². The lowest BCUT2D eigenvalue weighted by Crippen LogP contribution is -2.03. The molecule has 2 atom stereocenters. The van der Waals surface area contributed by atoms with Crippen LogP contribution in [0.2, 0.25) is 0 Å². The highest BCUT2D eigenvalue weighted by atomic mass is 14.5. The van der Waals surface area contributed by atoms with Gasteiger partial charge in [-0.05, 0) is 30.6 Å². The highest BCUT2D eigenvalue weighted by Crippen LogP contribution is 2.60. The van der Waals surface area contributed by atoms with Crippen molar-refractivity contribution >= 4 is 0 Å². The predicted molar refractivity (Wildman–Crippen MR) is 55.3 cm³/mol. The van der Waals surface area contributed by atoms with E-state index >= 15 is 0 Å². The SMILES string of the molecule is CCCCC1(CCC)CC1CC. The smallest absolute Gasteiger partial charge is 0.0266 e. The van der Waals surface area contributed by atoms with Crippen molar-refractivity contribution in [3.8, 4) is 0 Å². The van der Waals surface area contributed by atoms with E-state index in [0.717, 1.165) is 11.3 Å². The van der Waals surface area contributed by atoms with Crippen LogP contribution in [0.5, 0.6) is 0 Å². The van der Waals surface area contributed by atoms with Crippen molar-refractivity contribution in [3.05, 3.63) is 0 Å². The third kappa shape index (κ3) is 2.02. The molecule has 0 heteroatoms. The average Bonchev–Trinajstić information content (AvgIpc) is 2.77. The van der Waals surface area contributed by atoms with E-state index in [2.05, 4.69) is 20.8 Å². The summed E-state index contributed by atoms with van der Waals surface area (Å²) in [5.41, 5.74) is 0.819. The van der Waals surface area contributed by atoms with Crippen molar-refractivity contribution in [2.45, 2.75) is 65.7 Å². The van der Waals surface area contributed by atoms with Gasteiger partial charge in [0.15, 0.2) is 0 Å². The first-order chi connectivity index (χ1) is 5.79. The summed E-state index contributed by atoms with van der Waals surface area (Å²) < 4.78 is 0. The summed E-state index contributed by atoms with van der Waals surface area (Å²) >= 11 is 0. The van der Waals surface area contributed by atoms with Gasteiger partial charge in [-0.1, -0.05) is 46.5 Å². The lowest BCUT2D eigenvalue weighted by Gasteiger charge is -2.15. The van der Waals surface area contributed by atoms with Gasteiger partial charge in [-0.2, -0.15) is 0 Å². The Kier molecular flexibility index (Phi) is 3.61. The second-order valence-corrected chi connectivity index (χ2v) is 4.53. The van der Waals surface area contributed by atoms with Gasteiger partial charge in [0.2, 0.25) is 0 Å². The molecule has 1 aliphatic carbocycles. The Morgan fingerprint density at radius 1 is 1.08 bits per heavy atom. The summed E-state index contributed by atoms with van der Waals surface area (Å²) in [6.45, 7) is 7.00. The molecule has 0 heterocycles. The second kappa shape index (κ2) is 4.30. The molecule has 1 aliphatic rings. The highest BCUT2D eigenvalue weighted by molar-refractivity contribution is 5.00. The van der Waals surface area contributed by atoms with E-state index in [1.807, 2.05) is 0 Å². The zero-order valence-electron chi connectivity index (χ0n) is 9.03. The van der Waals surface area contributed by atoms with Crippen LogP contribution < -0.4 is 0 Å². The quantitative estimate of drug-likeness (QED) is 0.551. The number of rotatable bonds is 6. The van der Waals surface area contributed by atoms with Crippen molar-refractivity contribution in [2.75, 3.05) is 0 Å². The molecule has 0 aromatic rings.